The maximum absolute atomic E-state index is 4.41. The minimum Gasteiger partial charge on any atom is -0.385 e. The summed E-state index contributed by atoms with van der Waals surface area (Å²) in [5, 5.41) is 10.5. The van der Waals surface area contributed by atoms with E-state index in [0.717, 1.165) is 42.4 Å². The van der Waals surface area contributed by atoms with Crippen molar-refractivity contribution in [1.29, 1.82) is 0 Å². The fraction of sp³-hybridized carbons (Fsp3) is 0.333. The van der Waals surface area contributed by atoms with Gasteiger partial charge in [-0.25, -0.2) is 4.98 Å². The maximum Gasteiger partial charge on any atom is 0.130 e. The standard InChI is InChI=1S/C24H29N5/c1-18(21-8-13-27-24(14-21)29-23-9-11-25-12-10-23)28-16-19-6-7-20-4-2-3-5-22(20)17-26-15-19/h2,4,8-14,19,26,28H,1,3,5-7,15-17H2,(H,25,27,29). The van der Waals surface area contributed by atoms with Crippen molar-refractivity contribution in [2.45, 2.75) is 25.7 Å². The van der Waals surface area contributed by atoms with Crippen LogP contribution in [0.3, 0.4) is 0 Å². The van der Waals surface area contributed by atoms with Gasteiger partial charge in [0.05, 0.1) is 0 Å². The highest BCUT2D eigenvalue weighted by Gasteiger charge is 2.16. The van der Waals surface area contributed by atoms with E-state index < -0.39 is 0 Å². The molecule has 1 aliphatic carbocycles. The molecular weight excluding hydrogens is 358 g/mol. The first-order chi connectivity index (χ1) is 14.3. The summed E-state index contributed by atoms with van der Waals surface area (Å²) in [5.41, 5.74) is 6.11. The van der Waals surface area contributed by atoms with E-state index >= 15 is 0 Å². The number of hydrogen-bond donors (Lipinski definition) is 3. The average Bonchev–Trinajstić information content (AvgIpc) is 2.74. The molecule has 3 N–H and O–H groups in total. The van der Waals surface area contributed by atoms with Crippen LogP contribution in [0, 0.1) is 5.92 Å². The van der Waals surface area contributed by atoms with Gasteiger partial charge in [-0.2, -0.15) is 0 Å². The minimum atomic E-state index is 0.590. The van der Waals surface area contributed by atoms with Crippen molar-refractivity contribution in [3.8, 4) is 0 Å². The predicted molar refractivity (Wildman–Crippen MR) is 120 cm³/mol. The molecule has 0 saturated carbocycles. The number of anilines is 2. The molecule has 0 radical (unpaired) electrons. The average molecular weight is 388 g/mol. The van der Waals surface area contributed by atoms with Crippen LogP contribution in [0.5, 0.6) is 0 Å². The maximum atomic E-state index is 4.41. The third-order valence-corrected chi connectivity index (χ3v) is 5.64. The smallest absolute Gasteiger partial charge is 0.130 e. The summed E-state index contributed by atoms with van der Waals surface area (Å²) >= 11 is 0. The van der Waals surface area contributed by atoms with Gasteiger partial charge in [0.1, 0.15) is 5.82 Å². The van der Waals surface area contributed by atoms with E-state index in [9.17, 15) is 0 Å². The van der Waals surface area contributed by atoms with Crippen molar-refractivity contribution in [2.24, 2.45) is 5.92 Å². The molecule has 2 aliphatic rings. The molecule has 5 nitrogen and oxygen atoms in total. The Bertz CT molecular complexity index is 900. The molecule has 5 heteroatoms. The molecule has 2 aromatic rings. The second-order valence-electron chi connectivity index (χ2n) is 7.76. The number of aromatic nitrogens is 2. The first-order valence-corrected chi connectivity index (χ1v) is 10.4. The van der Waals surface area contributed by atoms with Gasteiger partial charge in [0.15, 0.2) is 0 Å². The minimum absolute atomic E-state index is 0.590. The quantitative estimate of drug-likeness (QED) is 0.685. The molecule has 150 valence electrons. The highest BCUT2D eigenvalue weighted by Crippen LogP contribution is 2.26. The Balaban J connectivity index is 1.32. The predicted octanol–water partition coefficient (Wildman–Crippen LogP) is 4.43. The Morgan fingerprint density at radius 3 is 2.97 bits per heavy atom. The summed E-state index contributed by atoms with van der Waals surface area (Å²) in [4.78, 5) is 8.45. The molecule has 0 spiro atoms. The van der Waals surface area contributed by atoms with Crippen molar-refractivity contribution in [1.82, 2.24) is 20.6 Å². The van der Waals surface area contributed by atoms with Crippen LogP contribution in [0.1, 0.15) is 31.2 Å². The molecule has 0 fully saturated rings. The summed E-state index contributed by atoms with van der Waals surface area (Å²) in [5.74, 6) is 1.39. The largest absolute Gasteiger partial charge is 0.385 e. The van der Waals surface area contributed by atoms with E-state index in [0.29, 0.717) is 5.92 Å². The highest BCUT2D eigenvalue weighted by molar-refractivity contribution is 5.66. The molecule has 1 atom stereocenters. The lowest BCUT2D eigenvalue weighted by Gasteiger charge is -2.26. The van der Waals surface area contributed by atoms with Crippen LogP contribution in [-0.4, -0.2) is 29.6 Å². The van der Waals surface area contributed by atoms with Crippen molar-refractivity contribution in [3.05, 3.63) is 78.3 Å². The number of hydrogen-bond acceptors (Lipinski definition) is 5. The van der Waals surface area contributed by atoms with E-state index in [1.54, 1.807) is 23.5 Å². The molecule has 1 aliphatic heterocycles. The van der Waals surface area contributed by atoms with Gasteiger partial charge in [-0.1, -0.05) is 24.3 Å². The SMILES string of the molecule is C=C(NCC1CCC2=C(CCC=C2)CNC1)c1ccnc(Nc2ccncc2)c1. The van der Waals surface area contributed by atoms with Crippen molar-refractivity contribution in [2.75, 3.05) is 25.0 Å². The fourth-order valence-electron chi connectivity index (χ4n) is 3.93. The van der Waals surface area contributed by atoms with E-state index in [1.165, 1.54) is 25.7 Å². The van der Waals surface area contributed by atoms with E-state index in [4.69, 9.17) is 0 Å². The number of pyridine rings is 2. The van der Waals surface area contributed by atoms with Gasteiger partial charge in [0, 0.05) is 48.6 Å². The van der Waals surface area contributed by atoms with Gasteiger partial charge in [0.25, 0.3) is 0 Å². The Morgan fingerprint density at radius 1 is 1.17 bits per heavy atom. The van der Waals surface area contributed by atoms with Crippen LogP contribution < -0.4 is 16.0 Å². The van der Waals surface area contributed by atoms with E-state index in [1.807, 2.05) is 30.5 Å². The van der Waals surface area contributed by atoms with Gasteiger partial charge in [0.2, 0.25) is 0 Å². The number of nitrogens with one attached hydrogen (secondary N) is 3. The lowest BCUT2D eigenvalue weighted by molar-refractivity contribution is 0.434. The Morgan fingerprint density at radius 2 is 2.07 bits per heavy atom. The van der Waals surface area contributed by atoms with Crippen LogP contribution >= 0.6 is 0 Å². The molecule has 0 bridgehead atoms. The van der Waals surface area contributed by atoms with Crippen LogP contribution in [0.15, 0.2) is 72.7 Å². The van der Waals surface area contributed by atoms with Crippen LogP contribution in [-0.2, 0) is 0 Å². The first kappa shape index (κ1) is 19.4. The second kappa shape index (κ2) is 9.52. The number of rotatable bonds is 6. The number of allylic oxidation sites excluding steroid dienone is 3. The molecule has 3 heterocycles. The van der Waals surface area contributed by atoms with Gasteiger partial charge >= 0.3 is 0 Å². The number of nitrogens with zero attached hydrogens (tertiary/aromatic N) is 2. The lowest BCUT2D eigenvalue weighted by Crippen LogP contribution is -2.33. The molecule has 1 unspecified atom stereocenters. The molecule has 2 aromatic heterocycles. The summed E-state index contributed by atoms with van der Waals surface area (Å²) < 4.78 is 0. The van der Waals surface area contributed by atoms with Gasteiger partial charge in [-0.15, -0.1) is 0 Å². The molecule has 0 aromatic carbocycles. The monoisotopic (exact) mass is 387 g/mol. The summed E-state index contributed by atoms with van der Waals surface area (Å²) in [6.07, 6.45) is 14.8. The van der Waals surface area contributed by atoms with Crippen LogP contribution in [0.4, 0.5) is 11.5 Å². The zero-order chi connectivity index (χ0) is 19.9. The fourth-order valence-corrected chi connectivity index (χ4v) is 3.93. The molecular formula is C24H29N5. The molecule has 0 saturated heterocycles. The molecule has 29 heavy (non-hydrogen) atoms. The highest BCUT2D eigenvalue weighted by atomic mass is 15.0. The van der Waals surface area contributed by atoms with Crippen molar-refractivity contribution >= 4 is 17.2 Å². The van der Waals surface area contributed by atoms with E-state index in [2.05, 4.69) is 44.6 Å². The Labute approximate surface area is 173 Å². The molecule has 4 rings (SSSR count). The topological polar surface area (TPSA) is 61.9 Å². The van der Waals surface area contributed by atoms with Crippen LogP contribution in [0.25, 0.3) is 5.70 Å². The normalized spacial score (nSPS) is 19.1. The molecule has 0 amide bonds. The zero-order valence-corrected chi connectivity index (χ0v) is 16.8. The second-order valence-corrected chi connectivity index (χ2v) is 7.76. The van der Waals surface area contributed by atoms with Gasteiger partial charge < -0.3 is 16.0 Å². The van der Waals surface area contributed by atoms with Gasteiger partial charge in [-0.3, -0.25) is 4.98 Å². The zero-order valence-electron chi connectivity index (χ0n) is 16.8. The summed E-state index contributed by atoms with van der Waals surface area (Å²) in [6.45, 7) is 7.25. The third kappa shape index (κ3) is 5.33. The van der Waals surface area contributed by atoms with Crippen molar-refractivity contribution < 1.29 is 0 Å². The third-order valence-electron chi connectivity index (χ3n) is 5.64. The summed E-state index contributed by atoms with van der Waals surface area (Å²) in [7, 11) is 0. The van der Waals surface area contributed by atoms with Crippen molar-refractivity contribution in [3.63, 3.8) is 0 Å². The Hall–Kier alpha value is -2.92. The van der Waals surface area contributed by atoms with Crippen LogP contribution in [0.2, 0.25) is 0 Å². The van der Waals surface area contributed by atoms with Gasteiger partial charge in [-0.05, 0) is 68.0 Å². The Kier molecular flexibility index (Phi) is 6.37. The first-order valence-electron chi connectivity index (χ1n) is 10.4. The summed E-state index contributed by atoms with van der Waals surface area (Å²) in [6, 6.07) is 7.86. The lowest BCUT2D eigenvalue weighted by atomic mass is 9.89. The van der Waals surface area contributed by atoms with E-state index in [-0.39, 0.29) is 0 Å².